The molecular formula is C63H96O21. The molecule has 10 bridgehead atoms. The molecule has 2 spiro atoms. The molecule has 0 unspecified atom stereocenters. The van der Waals surface area contributed by atoms with Crippen molar-refractivity contribution in [3.8, 4) is 0 Å². The number of rotatable bonds is 9. The predicted octanol–water partition coefficient (Wildman–Crippen LogP) is 5.34. The minimum Gasteiger partial charge on any atom is -0.462 e. The van der Waals surface area contributed by atoms with Gasteiger partial charge in [-0.3, -0.25) is 19.2 Å². The van der Waals surface area contributed by atoms with Crippen LogP contribution in [0.25, 0.3) is 0 Å². The van der Waals surface area contributed by atoms with Gasteiger partial charge in [-0.05, 0) is 45.4 Å². The molecule has 21 heteroatoms. The van der Waals surface area contributed by atoms with E-state index in [1.165, 1.54) is 26.0 Å². The van der Waals surface area contributed by atoms with E-state index in [0.29, 0.717) is 43.3 Å². The average Bonchev–Trinajstić information content (AvgIpc) is 1.09. The predicted molar refractivity (Wildman–Crippen MR) is 303 cm³/mol. The van der Waals surface area contributed by atoms with Crippen molar-refractivity contribution in [2.75, 3.05) is 7.11 Å². The lowest BCUT2D eigenvalue weighted by atomic mass is 9.78. The molecule has 7 rings (SSSR count). The zero-order valence-electron chi connectivity index (χ0n) is 50.4. The average molecular weight is 1190 g/mol. The number of carbonyl (C=O) groups is 4. The van der Waals surface area contributed by atoms with Crippen LogP contribution in [0.2, 0.25) is 0 Å². The van der Waals surface area contributed by atoms with Crippen molar-refractivity contribution >= 4 is 23.7 Å². The van der Waals surface area contributed by atoms with Crippen molar-refractivity contribution in [1.29, 1.82) is 0 Å². The Bertz CT molecular complexity index is 2370. The second kappa shape index (κ2) is 28.6. The first-order valence-electron chi connectivity index (χ1n) is 30.2. The molecule has 7 aliphatic rings. The number of fused-ring (bicyclic) bond motifs is 8. The van der Waals surface area contributed by atoms with Gasteiger partial charge in [0.15, 0.2) is 17.4 Å². The molecule has 0 amide bonds. The third-order valence-corrected chi connectivity index (χ3v) is 18.3. The highest BCUT2D eigenvalue weighted by molar-refractivity contribution is 5.82. The monoisotopic (exact) mass is 1190 g/mol. The van der Waals surface area contributed by atoms with Crippen LogP contribution in [0.1, 0.15) is 158 Å². The fourth-order valence-electron chi connectivity index (χ4n) is 14.1. The maximum atomic E-state index is 14.4. The Balaban J connectivity index is 1.22. The molecule has 21 nitrogen and oxygen atoms in total. The van der Waals surface area contributed by atoms with Crippen molar-refractivity contribution in [3.05, 3.63) is 61.3 Å². The van der Waals surface area contributed by atoms with Gasteiger partial charge in [0.1, 0.15) is 36.3 Å². The van der Waals surface area contributed by atoms with Crippen molar-refractivity contribution in [2.24, 2.45) is 23.7 Å². The summed E-state index contributed by atoms with van der Waals surface area (Å²) < 4.78 is 63.4. The van der Waals surface area contributed by atoms with Crippen molar-refractivity contribution in [3.63, 3.8) is 0 Å². The molecular weight excluding hydrogens is 1090 g/mol. The largest absolute Gasteiger partial charge is 0.462 e. The van der Waals surface area contributed by atoms with E-state index < -0.39 is 169 Å². The van der Waals surface area contributed by atoms with E-state index in [1.54, 1.807) is 47.8 Å². The molecule has 6 saturated heterocycles. The summed E-state index contributed by atoms with van der Waals surface area (Å²) in [6, 6.07) is 0. The van der Waals surface area contributed by atoms with Gasteiger partial charge in [-0.25, -0.2) is 0 Å². The van der Waals surface area contributed by atoms with Gasteiger partial charge in [0.2, 0.25) is 0 Å². The number of Topliss-reactive ketones (excluding diaryl/α,β-unsaturated/α-hetero) is 1. The quantitative estimate of drug-likeness (QED) is 0.0663. The molecule has 7 N–H and O–H groups in total. The van der Waals surface area contributed by atoms with E-state index in [-0.39, 0.29) is 76.1 Å². The molecule has 24 atom stereocenters. The standard InChI is InChI=1S/C63H96O21/c1-12-13-17-42(66)20-34(2)21-53-55(71)57-39(7)58(78-53)59(72)63(74)32-51(69)37(5)52(84-63)19-16-14-15-18-44-23-43(67)28-61(80-44)30-47(75-11)24-45(81-61)26-50(68)38(6)56(77-41(9)65)36(4)35(3)22-49-29-60(10,73)33-62(83-49)31-48(76-40(8)64)25-46(82-62)27-54(70)79-57/h12-13,15,17-18,36-39,42-49,51-53,55-59,66-67,69,71-74H,1-3,14,16,19-33H2,4-11H3/b17-13-,18-15-/t36-,37-,38-,39-,42-,43+,44+,45+,46-,47+,48+,49+,51+,52-,53-,55-,56+,57-,58-,59+,60+,61-,62-,63-/m1/s1. The topological polar surface area (TPSA) is 302 Å². The van der Waals surface area contributed by atoms with Gasteiger partial charge in [-0.15, -0.1) is 0 Å². The first-order valence-corrected chi connectivity index (χ1v) is 30.2. The van der Waals surface area contributed by atoms with Crippen molar-refractivity contribution in [1.82, 2.24) is 0 Å². The highest BCUT2D eigenvalue weighted by Gasteiger charge is 2.58. The second-order valence-corrected chi connectivity index (χ2v) is 25.8. The smallest absolute Gasteiger partial charge is 0.308 e. The summed E-state index contributed by atoms with van der Waals surface area (Å²) in [5.74, 6) is -10.6. The zero-order valence-corrected chi connectivity index (χ0v) is 50.4. The Kier molecular flexibility index (Phi) is 23.0. The second-order valence-electron chi connectivity index (χ2n) is 25.8. The number of allylic oxidation sites excluding steroid dienone is 3. The van der Waals surface area contributed by atoms with Gasteiger partial charge in [-0.2, -0.15) is 0 Å². The summed E-state index contributed by atoms with van der Waals surface area (Å²) in [7, 11) is 1.57. The van der Waals surface area contributed by atoms with Crippen LogP contribution in [0.15, 0.2) is 61.3 Å². The fraction of sp³-hybridized carbons (Fsp3) is 0.778. The van der Waals surface area contributed by atoms with Gasteiger partial charge in [0, 0.05) is 103 Å². The molecule has 0 aliphatic carbocycles. The molecule has 0 aromatic heterocycles. The van der Waals surface area contributed by atoms with Gasteiger partial charge >= 0.3 is 17.9 Å². The van der Waals surface area contributed by atoms with E-state index in [2.05, 4.69) is 19.7 Å². The maximum absolute atomic E-state index is 14.4. The number of esters is 3. The van der Waals surface area contributed by atoms with Gasteiger partial charge in [0.25, 0.3) is 0 Å². The number of carbonyl (C=O) groups excluding carboxylic acids is 4. The molecule has 0 saturated carbocycles. The Labute approximate surface area is 494 Å². The highest BCUT2D eigenvalue weighted by atomic mass is 16.7. The lowest BCUT2D eigenvalue weighted by molar-refractivity contribution is -0.351. The fourth-order valence-corrected chi connectivity index (χ4v) is 14.1. The SMILES string of the molecule is C=C/C=C\[C@@H](O)CC(=C)C[C@H]1O[C@@H]2[C@H](C)[C@@H](OC(=O)C[C@H]3C[C@H](OC(C)=O)C[C@@]4(C[C@@](C)(O)C[C@H](CC(=C)[C@@H](C)[C@H](OC(C)=O)[C@H](C)C(=O)C[C@@H]5C[C@H](OC)C[C@@]6(C[C@@H](O)C[C@H](/C=C\CCC[C@H]7O[C@](O)(C[C@H](O)[C@H]7C)[C@H]2O)O6)O5)O4)O3)[C@@H]1O. The van der Waals surface area contributed by atoms with E-state index in [9.17, 15) is 54.9 Å². The number of methoxy groups -OCH3 is 1. The number of aliphatic hydroxyl groups excluding tert-OH is 5. The third kappa shape index (κ3) is 17.3. The summed E-state index contributed by atoms with van der Waals surface area (Å²) in [6.45, 7) is 23.1. The van der Waals surface area contributed by atoms with Crippen LogP contribution in [-0.2, 0) is 66.5 Å². The number of ketones is 1. The lowest BCUT2D eigenvalue weighted by Gasteiger charge is -2.52. The Morgan fingerprint density at radius 3 is 2.17 bits per heavy atom. The molecule has 0 aromatic rings. The van der Waals surface area contributed by atoms with Crippen LogP contribution in [0.4, 0.5) is 0 Å². The minimum atomic E-state index is -2.39. The van der Waals surface area contributed by atoms with Crippen molar-refractivity contribution < 1.29 is 102 Å². The first-order chi connectivity index (χ1) is 39.4. The number of aliphatic hydroxyl groups is 7. The van der Waals surface area contributed by atoms with Crippen LogP contribution in [0, 0.1) is 23.7 Å². The summed E-state index contributed by atoms with van der Waals surface area (Å²) in [5.41, 5.74) is -0.456. The molecule has 7 heterocycles. The van der Waals surface area contributed by atoms with Crippen LogP contribution >= 0.6 is 0 Å². The Morgan fingerprint density at radius 1 is 0.810 bits per heavy atom. The normalized spacial score (nSPS) is 44.9. The molecule has 0 radical (unpaired) electrons. The van der Waals surface area contributed by atoms with Gasteiger partial charge < -0.3 is 83.1 Å². The summed E-state index contributed by atoms with van der Waals surface area (Å²) >= 11 is 0. The van der Waals surface area contributed by atoms with Gasteiger partial charge in [-0.1, -0.05) is 89.0 Å². The maximum Gasteiger partial charge on any atom is 0.308 e. The first kappa shape index (κ1) is 67.7. The Hall–Kier alpha value is -3.78. The van der Waals surface area contributed by atoms with Crippen molar-refractivity contribution in [2.45, 2.75) is 278 Å². The van der Waals surface area contributed by atoms with E-state index in [4.69, 9.17) is 47.4 Å². The summed E-state index contributed by atoms with van der Waals surface area (Å²) in [5, 5.41) is 82.3. The number of ether oxygens (including phenoxy) is 10. The summed E-state index contributed by atoms with van der Waals surface area (Å²) in [4.78, 5) is 54.3. The minimum absolute atomic E-state index is 0.0156. The lowest BCUT2D eigenvalue weighted by Crippen LogP contribution is -2.65. The molecule has 0 aromatic carbocycles. The third-order valence-electron chi connectivity index (χ3n) is 18.3. The molecule has 474 valence electrons. The van der Waals surface area contributed by atoms with Crippen LogP contribution in [0.3, 0.4) is 0 Å². The molecule has 84 heavy (non-hydrogen) atoms. The van der Waals surface area contributed by atoms with E-state index in [1.807, 2.05) is 12.2 Å². The van der Waals surface area contributed by atoms with Crippen LogP contribution < -0.4 is 0 Å². The molecule has 6 fully saturated rings. The van der Waals surface area contributed by atoms with Crippen LogP contribution in [0.5, 0.6) is 0 Å². The summed E-state index contributed by atoms with van der Waals surface area (Å²) in [6.07, 6.45) is -6.46. The number of hydrogen-bond acceptors (Lipinski definition) is 21. The van der Waals surface area contributed by atoms with E-state index >= 15 is 0 Å². The zero-order chi connectivity index (χ0) is 61.6. The highest BCUT2D eigenvalue weighted by Crippen LogP contribution is 2.48. The van der Waals surface area contributed by atoms with E-state index in [0.717, 1.165) is 0 Å². The molecule has 7 aliphatic heterocycles. The van der Waals surface area contributed by atoms with Crippen LogP contribution in [-0.4, -0.2) is 187 Å². The number of hydrogen-bond donors (Lipinski definition) is 7. The van der Waals surface area contributed by atoms with Gasteiger partial charge in [0.05, 0.1) is 85.1 Å². The Morgan fingerprint density at radius 2 is 1.48 bits per heavy atom.